The Morgan fingerprint density at radius 1 is 0.750 bits per heavy atom. The second kappa shape index (κ2) is 7.79. The standard InChI is InChI=1S/C28H27N3O/c1-5-22-16(3)24-12-18-7-10-28(32)19(11-18)13-25-17(4)23(6-2)27(31-25)15-21-9-8-20(29-21)14-26(22)30-24/h7-15,29,32H,5-6H2,1-4H3. The summed E-state index contributed by atoms with van der Waals surface area (Å²) < 4.78 is 0. The van der Waals surface area contributed by atoms with Crippen LogP contribution in [0.3, 0.4) is 0 Å². The minimum absolute atomic E-state index is 0.249. The summed E-state index contributed by atoms with van der Waals surface area (Å²) in [6.45, 7) is 8.56. The fourth-order valence-corrected chi connectivity index (χ4v) is 4.64. The van der Waals surface area contributed by atoms with E-state index in [2.05, 4.69) is 63.0 Å². The number of H-pyrrole nitrogens is 1. The van der Waals surface area contributed by atoms with Crippen molar-refractivity contribution in [3.63, 3.8) is 0 Å². The molecule has 0 aliphatic carbocycles. The summed E-state index contributed by atoms with van der Waals surface area (Å²) in [7, 11) is 0. The van der Waals surface area contributed by atoms with Gasteiger partial charge in [0.05, 0.1) is 22.8 Å². The van der Waals surface area contributed by atoms with Crippen molar-refractivity contribution in [1.82, 2.24) is 4.98 Å². The molecule has 1 aromatic heterocycles. The molecule has 32 heavy (non-hydrogen) atoms. The summed E-state index contributed by atoms with van der Waals surface area (Å²) in [5.41, 5.74) is 10.4. The molecular formula is C28H27N3O. The van der Waals surface area contributed by atoms with E-state index in [1.54, 1.807) is 6.07 Å². The van der Waals surface area contributed by atoms with Gasteiger partial charge in [0.2, 0.25) is 0 Å². The van der Waals surface area contributed by atoms with E-state index in [-0.39, 0.29) is 5.75 Å². The number of allylic oxidation sites excluding steroid dienone is 4. The number of aliphatic imine (C=N–C) groups is 2. The monoisotopic (exact) mass is 421 g/mol. The van der Waals surface area contributed by atoms with Crippen molar-refractivity contribution in [2.75, 3.05) is 0 Å². The average molecular weight is 422 g/mol. The smallest absolute Gasteiger partial charge is 0.122 e. The molecule has 0 spiro atoms. The second-order valence-corrected chi connectivity index (χ2v) is 8.44. The molecule has 1 aromatic carbocycles. The molecule has 3 aliphatic heterocycles. The largest absolute Gasteiger partial charge is 0.507 e. The molecule has 8 bridgehead atoms. The normalized spacial score (nSPS) is 17.5. The van der Waals surface area contributed by atoms with Crippen LogP contribution in [0.25, 0.3) is 24.3 Å². The van der Waals surface area contributed by atoms with Crippen molar-refractivity contribution < 1.29 is 5.11 Å². The Labute approximate surface area is 188 Å². The van der Waals surface area contributed by atoms with Crippen LogP contribution in [0.15, 0.2) is 74.0 Å². The van der Waals surface area contributed by atoms with Crippen molar-refractivity contribution in [2.24, 2.45) is 9.98 Å². The molecule has 160 valence electrons. The van der Waals surface area contributed by atoms with Gasteiger partial charge in [0.1, 0.15) is 5.75 Å². The number of benzene rings is 1. The first kappa shape index (κ1) is 20.3. The molecule has 3 aliphatic rings. The fourth-order valence-electron chi connectivity index (χ4n) is 4.64. The van der Waals surface area contributed by atoms with E-state index in [0.29, 0.717) is 0 Å². The molecule has 5 rings (SSSR count). The van der Waals surface area contributed by atoms with Gasteiger partial charge in [-0.3, -0.25) is 0 Å². The summed E-state index contributed by atoms with van der Waals surface area (Å²) >= 11 is 0. The summed E-state index contributed by atoms with van der Waals surface area (Å²) in [6.07, 6.45) is 10.1. The number of aromatic nitrogens is 1. The molecule has 0 radical (unpaired) electrons. The maximum atomic E-state index is 10.5. The Bertz CT molecular complexity index is 1450. The predicted octanol–water partition coefficient (Wildman–Crippen LogP) is 5.04. The van der Waals surface area contributed by atoms with E-state index in [0.717, 1.165) is 63.1 Å². The van der Waals surface area contributed by atoms with E-state index in [4.69, 9.17) is 9.98 Å². The lowest BCUT2D eigenvalue weighted by Crippen LogP contribution is -2.13. The molecule has 0 fully saturated rings. The quantitative estimate of drug-likeness (QED) is 0.701. The lowest BCUT2D eigenvalue weighted by Gasteiger charge is -2.05. The zero-order chi connectivity index (χ0) is 22.4. The first-order chi connectivity index (χ1) is 15.5. The van der Waals surface area contributed by atoms with Crippen LogP contribution < -0.4 is 10.7 Å². The van der Waals surface area contributed by atoms with E-state index < -0.39 is 0 Å². The highest BCUT2D eigenvalue weighted by molar-refractivity contribution is 6.24. The van der Waals surface area contributed by atoms with Crippen molar-refractivity contribution in [2.45, 2.75) is 40.5 Å². The third-order valence-electron chi connectivity index (χ3n) is 6.44. The molecule has 0 saturated carbocycles. The molecule has 2 N–H and O–H groups in total. The average Bonchev–Trinajstić information content (AvgIpc) is 3.41. The van der Waals surface area contributed by atoms with Gasteiger partial charge in [0, 0.05) is 16.3 Å². The van der Waals surface area contributed by atoms with Gasteiger partial charge in [-0.1, -0.05) is 19.9 Å². The molecule has 0 unspecified atom stereocenters. The third kappa shape index (κ3) is 3.42. The molecular weight excluding hydrogens is 394 g/mol. The van der Waals surface area contributed by atoms with Crippen molar-refractivity contribution in [3.8, 4) is 5.75 Å². The van der Waals surface area contributed by atoms with Crippen molar-refractivity contribution in [3.05, 3.63) is 85.8 Å². The highest BCUT2D eigenvalue weighted by Crippen LogP contribution is 2.33. The number of phenolic OH excluding ortho intramolecular Hbond substituents is 1. The summed E-state index contributed by atoms with van der Waals surface area (Å²) in [4.78, 5) is 13.4. The van der Waals surface area contributed by atoms with E-state index in [1.807, 2.05) is 18.2 Å². The van der Waals surface area contributed by atoms with Crippen LogP contribution in [0.2, 0.25) is 0 Å². The van der Waals surface area contributed by atoms with Gasteiger partial charge in [0.15, 0.2) is 0 Å². The number of hydrogen-bond acceptors (Lipinski definition) is 3. The number of fused-ring (bicyclic) bond motifs is 6. The fraction of sp³-hybridized carbons (Fsp3) is 0.214. The lowest BCUT2D eigenvalue weighted by molar-refractivity contribution is 0.474. The Morgan fingerprint density at radius 3 is 1.88 bits per heavy atom. The summed E-state index contributed by atoms with van der Waals surface area (Å²) in [6, 6.07) is 9.85. The molecule has 2 aromatic rings. The van der Waals surface area contributed by atoms with Crippen LogP contribution in [0.1, 0.15) is 51.7 Å². The van der Waals surface area contributed by atoms with Gasteiger partial charge >= 0.3 is 0 Å². The van der Waals surface area contributed by atoms with Crippen LogP contribution in [-0.4, -0.2) is 21.5 Å². The molecule has 0 atom stereocenters. The molecule has 0 saturated heterocycles. The van der Waals surface area contributed by atoms with E-state index in [1.165, 1.54) is 16.7 Å². The minimum Gasteiger partial charge on any atom is -0.507 e. The maximum Gasteiger partial charge on any atom is 0.122 e. The second-order valence-electron chi connectivity index (χ2n) is 8.44. The number of aromatic hydroxyl groups is 1. The number of phenols is 1. The van der Waals surface area contributed by atoms with Gasteiger partial charge in [-0.2, -0.15) is 0 Å². The van der Waals surface area contributed by atoms with Crippen molar-refractivity contribution >= 4 is 35.7 Å². The highest BCUT2D eigenvalue weighted by atomic mass is 16.3. The zero-order valence-corrected chi connectivity index (χ0v) is 19.0. The summed E-state index contributed by atoms with van der Waals surface area (Å²) in [5.74, 6) is 0.249. The molecule has 4 heterocycles. The first-order valence-electron chi connectivity index (χ1n) is 11.2. The van der Waals surface area contributed by atoms with E-state index >= 15 is 0 Å². The number of hydrogen-bond donors (Lipinski definition) is 2. The SMILES string of the molecule is CCC1=C(C)C2=Cc3ccc(O)c(c3)C=C3N=C(C=c4ccc([nH]4)=CC1=N2)C(CC)=C3C. The molecule has 4 nitrogen and oxygen atoms in total. The highest BCUT2D eigenvalue weighted by Gasteiger charge is 2.20. The zero-order valence-electron chi connectivity index (χ0n) is 19.0. The van der Waals surface area contributed by atoms with Crippen LogP contribution in [0.4, 0.5) is 0 Å². The Kier molecular flexibility index (Phi) is 4.93. The first-order valence-corrected chi connectivity index (χ1v) is 11.2. The van der Waals surface area contributed by atoms with Crippen molar-refractivity contribution in [1.29, 1.82) is 0 Å². The molecule has 4 heteroatoms. The van der Waals surface area contributed by atoms with Crippen LogP contribution in [-0.2, 0) is 0 Å². The molecule has 0 amide bonds. The minimum atomic E-state index is 0.249. The number of nitrogens with one attached hydrogen (secondary N) is 1. The van der Waals surface area contributed by atoms with Gasteiger partial charge in [-0.15, -0.1) is 0 Å². The third-order valence-corrected chi connectivity index (χ3v) is 6.44. The van der Waals surface area contributed by atoms with Gasteiger partial charge < -0.3 is 10.1 Å². The number of rotatable bonds is 2. The Balaban J connectivity index is 1.81. The number of nitrogens with zero attached hydrogens (tertiary/aromatic N) is 2. The van der Waals surface area contributed by atoms with Crippen LogP contribution >= 0.6 is 0 Å². The Hall–Kier alpha value is -3.66. The van der Waals surface area contributed by atoms with Gasteiger partial charge in [-0.25, -0.2) is 9.98 Å². The van der Waals surface area contributed by atoms with E-state index in [9.17, 15) is 5.11 Å². The lowest BCUT2D eigenvalue weighted by atomic mass is 10.0. The van der Waals surface area contributed by atoms with Gasteiger partial charge in [0.25, 0.3) is 0 Å². The predicted molar refractivity (Wildman–Crippen MR) is 134 cm³/mol. The summed E-state index contributed by atoms with van der Waals surface area (Å²) in [5, 5.41) is 12.6. The maximum absolute atomic E-state index is 10.5. The Morgan fingerprint density at radius 2 is 1.31 bits per heavy atom. The van der Waals surface area contributed by atoms with Crippen LogP contribution in [0, 0.1) is 0 Å². The topological polar surface area (TPSA) is 60.7 Å². The van der Waals surface area contributed by atoms with Gasteiger partial charge in [-0.05, 0) is 103 Å². The van der Waals surface area contributed by atoms with Crippen LogP contribution in [0.5, 0.6) is 5.75 Å². The number of aromatic amines is 1.